The summed E-state index contributed by atoms with van der Waals surface area (Å²) in [6.07, 6.45) is 1.99. The Balaban J connectivity index is 3.10. The van der Waals surface area contributed by atoms with Crippen molar-refractivity contribution in [2.24, 2.45) is 0 Å². The Morgan fingerprint density at radius 1 is 0.500 bits per heavy atom. The molecule has 0 N–H and O–H groups in total. The molecule has 0 saturated heterocycles. The minimum absolute atomic E-state index is 0.0110. The van der Waals surface area contributed by atoms with Gasteiger partial charge in [-0.2, -0.15) is 16.8 Å². The summed E-state index contributed by atoms with van der Waals surface area (Å²) in [5.41, 5.74) is 0. The first-order chi connectivity index (χ1) is 13.2. The molecule has 0 fully saturated rings. The van der Waals surface area contributed by atoms with Crippen LogP contribution < -0.4 is 0 Å². The van der Waals surface area contributed by atoms with E-state index in [2.05, 4.69) is 8.37 Å². The Hall–Kier alpha value is 0.360. The molecule has 170 valence electrons. The van der Waals surface area contributed by atoms with Gasteiger partial charge < -0.3 is 18.9 Å². The fourth-order valence-corrected chi connectivity index (χ4v) is 3.90. The van der Waals surface area contributed by atoms with Gasteiger partial charge in [-0.3, -0.25) is 8.37 Å². The number of rotatable bonds is 21. The molecule has 0 amide bonds. The number of ether oxygens (including phenoxy) is 4. The van der Waals surface area contributed by atoms with Crippen molar-refractivity contribution >= 4 is 41.8 Å². The lowest BCUT2D eigenvalue weighted by Gasteiger charge is -2.07. The first kappa shape index (κ1) is 28.4. The van der Waals surface area contributed by atoms with Gasteiger partial charge in [-0.05, 0) is 0 Å². The first-order valence-electron chi connectivity index (χ1n) is 8.45. The lowest BCUT2D eigenvalue weighted by Crippen LogP contribution is -2.12. The van der Waals surface area contributed by atoms with Crippen molar-refractivity contribution in [1.82, 2.24) is 0 Å². The van der Waals surface area contributed by atoms with Crippen LogP contribution in [0.15, 0.2) is 0 Å². The lowest BCUT2D eigenvalue weighted by molar-refractivity contribution is 0.0421. The summed E-state index contributed by atoms with van der Waals surface area (Å²) in [7, 11) is -3.44. The molecule has 28 heavy (non-hydrogen) atoms. The highest BCUT2D eigenvalue weighted by atomic mass is 33.1. The molecule has 0 radical (unpaired) electrons. The minimum atomic E-state index is -3.41. The van der Waals surface area contributed by atoms with Crippen LogP contribution in [0.2, 0.25) is 0 Å². The zero-order valence-electron chi connectivity index (χ0n) is 16.2. The quantitative estimate of drug-likeness (QED) is 0.127. The van der Waals surface area contributed by atoms with E-state index < -0.39 is 20.2 Å². The van der Waals surface area contributed by atoms with Gasteiger partial charge in [0.25, 0.3) is 20.2 Å². The maximum atomic E-state index is 10.7. The van der Waals surface area contributed by atoms with Gasteiger partial charge in [0.15, 0.2) is 0 Å². The molecule has 0 unspecified atom stereocenters. The van der Waals surface area contributed by atoms with Gasteiger partial charge in [0.2, 0.25) is 0 Å². The summed E-state index contributed by atoms with van der Waals surface area (Å²) in [4.78, 5) is 0. The summed E-state index contributed by atoms with van der Waals surface area (Å²) < 4.78 is 73.0. The minimum Gasteiger partial charge on any atom is -0.378 e. The Morgan fingerprint density at radius 2 is 0.786 bits per heavy atom. The smallest absolute Gasteiger partial charge is 0.264 e. The van der Waals surface area contributed by atoms with Crippen molar-refractivity contribution in [3.05, 3.63) is 0 Å². The van der Waals surface area contributed by atoms with Crippen molar-refractivity contribution in [2.45, 2.75) is 0 Å². The second-order valence-corrected chi connectivity index (χ2v) is 11.1. The van der Waals surface area contributed by atoms with Crippen LogP contribution in [0, 0.1) is 0 Å². The average Bonchev–Trinajstić information content (AvgIpc) is 2.58. The lowest BCUT2D eigenvalue weighted by atomic mass is 10.7. The molecular formula is C14H30O10S4. The highest BCUT2D eigenvalue weighted by Gasteiger charge is 2.01. The van der Waals surface area contributed by atoms with Crippen molar-refractivity contribution < 1.29 is 44.1 Å². The van der Waals surface area contributed by atoms with E-state index in [0.29, 0.717) is 39.6 Å². The predicted octanol–water partition coefficient (Wildman–Crippen LogP) is 0.387. The summed E-state index contributed by atoms with van der Waals surface area (Å²) in [6, 6.07) is 0. The topological polar surface area (TPSA) is 124 Å². The normalized spacial score (nSPS) is 12.5. The van der Waals surface area contributed by atoms with Crippen molar-refractivity contribution in [1.29, 1.82) is 0 Å². The second kappa shape index (κ2) is 18.2. The Kier molecular flexibility index (Phi) is 18.4. The van der Waals surface area contributed by atoms with Crippen molar-refractivity contribution in [3.8, 4) is 0 Å². The summed E-state index contributed by atoms with van der Waals surface area (Å²) in [5, 5.41) is 0. The third kappa shape index (κ3) is 26.4. The maximum absolute atomic E-state index is 10.7. The molecule has 0 saturated carbocycles. The second-order valence-electron chi connectivity index (χ2n) is 5.15. The Bertz CT molecular complexity index is 502. The van der Waals surface area contributed by atoms with E-state index in [9.17, 15) is 16.8 Å². The Labute approximate surface area is 175 Å². The van der Waals surface area contributed by atoms with Gasteiger partial charge in [-0.25, -0.2) is 0 Å². The molecule has 0 aliphatic carbocycles. The SMILES string of the molecule is CS(=O)(=O)OCCOCCOCCSSCCOCCOCCOS(C)(=O)=O. The highest BCUT2D eigenvalue weighted by Crippen LogP contribution is 2.20. The van der Waals surface area contributed by atoms with Gasteiger partial charge in [0.1, 0.15) is 0 Å². The van der Waals surface area contributed by atoms with Crippen LogP contribution in [0.4, 0.5) is 0 Å². The fraction of sp³-hybridized carbons (Fsp3) is 1.00. The van der Waals surface area contributed by atoms with Gasteiger partial charge in [-0.1, -0.05) is 21.6 Å². The Morgan fingerprint density at radius 3 is 1.11 bits per heavy atom. The van der Waals surface area contributed by atoms with Gasteiger partial charge >= 0.3 is 0 Å². The first-order valence-corrected chi connectivity index (χ1v) is 14.6. The van der Waals surface area contributed by atoms with Crippen LogP contribution in [0.25, 0.3) is 0 Å². The van der Waals surface area contributed by atoms with Crippen LogP contribution in [-0.2, 0) is 47.5 Å². The van der Waals surface area contributed by atoms with Gasteiger partial charge in [0, 0.05) is 11.5 Å². The highest BCUT2D eigenvalue weighted by molar-refractivity contribution is 8.76. The predicted molar refractivity (Wildman–Crippen MR) is 110 cm³/mol. The molecule has 0 aromatic heterocycles. The average molecular weight is 487 g/mol. The van der Waals surface area contributed by atoms with E-state index in [1.54, 1.807) is 21.6 Å². The van der Waals surface area contributed by atoms with Crippen molar-refractivity contribution in [2.75, 3.05) is 90.1 Å². The monoisotopic (exact) mass is 486 g/mol. The molecule has 0 aromatic rings. The third-order valence-electron chi connectivity index (χ3n) is 2.50. The van der Waals surface area contributed by atoms with Crippen LogP contribution in [0.5, 0.6) is 0 Å². The molecule has 14 heteroatoms. The van der Waals surface area contributed by atoms with E-state index in [4.69, 9.17) is 18.9 Å². The zero-order valence-corrected chi connectivity index (χ0v) is 19.5. The number of hydrogen-bond donors (Lipinski definition) is 0. The molecule has 0 aromatic carbocycles. The van der Waals surface area contributed by atoms with Crippen LogP contribution in [0.3, 0.4) is 0 Å². The third-order valence-corrected chi connectivity index (χ3v) is 6.02. The van der Waals surface area contributed by atoms with Gasteiger partial charge in [0.05, 0.1) is 78.6 Å². The molecule has 0 bridgehead atoms. The van der Waals surface area contributed by atoms with Crippen LogP contribution >= 0.6 is 21.6 Å². The summed E-state index contributed by atoms with van der Waals surface area (Å²) in [6.45, 7) is 3.32. The zero-order chi connectivity index (χ0) is 21.1. The molecule has 0 rings (SSSR count). The van der Waals surface area contributed by atoms with E-state index in [-0.39, 0.29) is 26.4 Å². The van der Waals surface area contributed by atoms with Crippen molar-refractivity contribution in [3.63, 3.8) is 0 Å². The van der Waals surface area contributed by atoms with E-state index >= 15 is 0 Å². The van der Waals surface area contributed by atoms with Gasteiger partial charge in [-0.15, -0.1) is 0 Å². The van der Waals surface area contributed by atoms with Crippen LogP contribution in [0.1, 0.15) is 0 Å². The largest absolute Gasteiger partial charge is 0.378 e. The molecule has 0 atom stereocenters. The molecule has 10 nitrogen and oxygen atoms in total. The van der Waals surface area contributed by atoms with Crippen LogP contribution in [-0.4, -0.2) is 107 Å². The standard InChI is InChI=1S/C14H30O10S4/c1-27(15,16)23-9-7-19-3-5-21-11-13-25-26-14-12-22-6-4-20-8-10-24-28(2,17)18/h3-14H2,1-2H3. The number of hydrogen-bond acceptors (Lipinski definition) is 12. The summed E-state index contributed by atoms with van der Waals surface area (Å²) in [5.74, 6) is 1.68. The molecule has 0 spiro atoms. The maximum Gasteiger partial charge on any atom is 0.264 e. The molecule has 0 heterocycles. The summed E-state index contributed by atoms with van der Waals surface area (Å²) >= 11 is 0. The fourth-order valence-electron chi connectivity index (χ4n) is 1.44. The van der Waals surface area contributed by atoms with E-state index in [0.717, 1.165) is 24.0 Å². The molecule has 0 aliphatic rings. The molecule has 0 aliphatic heterocycles. The molecular weight excluding hydrogens is 456 g/mol. The van der Waals surface area contributed by atoms with E-state index in [1.807, 2.05) is 0 Å². The van der Waals surface area contributed by atoms with E-state index in [1.165, 1.54) is 0 Å².